The van der Waals surface area contributed by atoms with Crippen molar-refractivity contribution in [3.05, 3.63) is 122 Å². The van der Waals surface area contributed by atoms with E-state index in [1.54, 1.807) is 0 Å². The molecule has 0 spiro atoms. The number of rotatable bonds is 63. The van der Waals surface area contributed by atoms with Crippen LogP contribution in [0.15, 0.2) is 122 Å². The minimum Gasteiger partial charge on any atom is -0.462 e. The highest BCUT2D eigenvalue weighted by molar-refractivity contribution is 5.71. The molecule has 6 heteroatoms. The van der Waals surface area contributed by atoms with E-state index in [0.29, 0.717) is 19.3 Å². The summed E-state index contributed by atoms with van der Waals surface area (Å²) in [7, 11) is 0. The summed E-state index contributed by atoms with van der Waals surface area (Å²) in [6.45, 7) is 6.45. The predicted molar refractivity (Wildman–Crippen MR) is 362 cm³/mol. The zero-order chi connectivity index (χ0) is 59.9. The highest BCUT2D eigenvalue weighted by Gasteiger charge is 2.19. The van der Waals surface area contributed by atoms with Crippen LogP contribution in [0.25, 0.3) is 0 Å². The number of carbonyl (C=O) groups excluding carboxylic acids is 3. The topological polar surface area (TPSA) is 78.9 Å². The Hall–Kier alpha value is -4.19. The van der Waals surface area contributed by atoms with Gasteiger partial charge in [-0.2, -0.15) is 0 Å². The summed E-state index contributed by atoms with van der Waals surface area (Å²) < 4.78 is 16.9. The Kier molecular flexibility index (Phi) is 66.7. The Morgan fingerprint density at radius 2 is 0.494 bits per heavy atom. The number of ether oxygens (including phenoxy) is 3. The van der Waals surface area contributed by atoms with Gasteiger partial charge in [-0.3, -0.25) is 14.4 Å². The van der Waals surface area contributed by atoms with Gasteiger partial charge < -0.3 is 14.2 Å². The average molecular weight is 1150 g/mol. The van der Waals surface area contributed by atoms with Crippen molar-refractivity contribution in [1.29, 1.82) is 0 Å². The van der Waals surface area contributed by atoms with Crippen molar-refractivity contribution in [3.63, 3.8) is 0 Å². The smallest absolute Gasteiger partial charge is 0.306 e. The Balaban J connectivity index is 4.29. The summed E-state index contributed by atoms with van der Waals surface area (Å²) in [6.07, 6.45) is 98.2. The fourth-order valence-electron chi connectivity index (χ4n) is 9.71. The number of carbonyl (C=O) groups is 3. The summed E-state index contributed by atoms with van der Waals surface area (Å²) in [6, 6.07) is 0. The maximum atomic E-state index is 12.9. The van der Waals surface area contributed by atoms with Crippen LogP contribution in [0, 0.1) is 0 Å². The summed E-state index contributed by atoms with van der Waals surface area (Å²) in [4.78, 5) is 38.3. The molecule has 1 atom stereocenters. The minimum absolute atomic E-state index is 0.106. The molecule has 0 aromatic rings. The molecular weight excluding hydrogens is 1020 g/mol. The van der Waals surface area contributed by atoms with Crippen LogP contribution in [0.4, 0.5) is 0 Å². The van der Waals surface area contributed by atoms with E-state index in [2.05, 4.69) is 136 Å². The first-order valence-corrected chi connectivity index (χ1v) is 35.0. The molecule has 0 aliphatic rings. The van der Waals surface area contributed by atoms with Crippen LogP contribution in [-0.2, 0) is 28.6 Å². The standard InChI is InChI=1S/C77H130O6/c1-4-7-10-13-16-19-22-25-27-29-31-33-34-35-36-37-38-39-40-41-42-44-45-47-49-52-55-58-61-64-67-70-76(79)82-73-74(72-81-75(78)69-66-63-60-57-54-51-24-21-18-15-12-9-6-3)83-77(80)71-68-65-62-59-56-53-50-48-46-43-32-30-28-26-23-20-17-14-11-8-5-2/h9,12,18,21-23,25-26,29-32,34-35,46,48,51,54,60,63,74H,4-8,10-11,13-17,19-20,24,27-28,33,36-45,47,49-50,52-53,55-59,61-62,64-73H2,1-3H3/b12-9-,21-18-,25-22-,26-23-,31-29-,32-30-,35-34-,48-46-,54-51-,63-60-. The molecule has 474 valence electrons. The molecule has 1 unspecified atom stereocenters. The third-order valence-electron chi connectivity index (χ3n) is 14.9. The van der Waals surface area contributed by atoms with E-state index >= 15 is 0 Å². The highest BCUT2D eigenvalue weighted by atomic mass is 16.6. The summed E-state index contributed by atoms with van der Waals surface area (Å²) in [5.41, 5.74) is 0. The van der Waals surface area contributed by atoms with Gasteiger partial charge in [-0.15, -0.1) is 0 Å². The zero-order valence-electron chi connectivity index (χ0n) is 54.4. The molecule has 6 nitrogen and oxygen atoms in total. The van der Waals surface area contributed by atoms with Crippen LogP contribution in [0.2, 0.25) is 0 Å². The third-order valence-corrected chi connectivity index (χ3v) is 14.9. The normalized spacial score (nSPS) is 12.9. The molecule has 83 heavy (non-hydrogen) atoms. The predicted octanol–water partition coefficient (Wildman–Crippen LogP) is 24.3. The first kappa shape index (κ1) is 78.8. The molecule has 0 aromatic heterocycles. The fraction of sp³-hybridized carbons (Fsp3) is 0.701. The van der Waals surface area contributed by atoms with Gasteiger partial charge in [0.05, 0.1) is 0 Å². The zero-order valence-corrected chi connectivity index (χ0v) is 54.4. The van der Waals surface area contributed by atoms with Crippen LogP contribution in [0.3, 0.4) is 0 Å². The van der Waals surface area contributed by atoms with Crippen molar-refractivity contribution in [2.24, 2.45) is 0 Å². The summed E-state index contributed by atoms with van der Waals surface area (Å²) >= 11 is 0. The summed E-state index contributed by atoms with van der Waals surface area (Å²) in [5.74, 6) is -0.996. The number of allylic oxidation sites excluding steroid dienone is 20. The minimum atomic E-state index is -0.818. The van der Waals surface area contributed by atoms with E-state index in [9.17, 15) is 14.4 Å². The van der Waals surface area contributed by atoms with E-state index in [0.717, 1.165) is 103 Å². The van der Waals surface area contributed by atoms with E-state index in [4.69, 9.17) is 14.2 Å². The number of esters is 3. The monoisotopic (exact) mass is 1150 g/mol. The van der Waals surface area contributed by atoms with Gasteiger partial charge in [0.2, 0.25) is 0 Å². The number of hydrogen-bond donors (Lipinski definition) is 0. The molecule has 0 radical (unpaired) electrons. The average Bonchev–Trinajstić information content (AvgIpc) is 3.49. The van der Waals surface area contributed by atoms with Gasteiger partial charge in [-0.1, -0.05) is 309 Å². The molecule has 0 bridgehead atoms. The lowest BCUT2D eigenvalue weighted by Gasteiger charge is -2.18. The first-order chi connectivity index (χ1) is 41.0. The molecule has 0 amide bonds. The number of hydrogen-bond acceptors (Lipinski definition) is 6. The molecule has 0 rings (SSSR count). The Morgan fingerprint density at radius 3 is 0.807 bits per heavy atom. The van der Waals surface area contributed by atoms with Gasteiger partial charge in [0.15, 0.2) is 6.10 Å². The molecule has 0 heterocycles. The molecule has 0 N–H and O–H groups in total. The van der Waals surface area contributed by atoms with Crippen molar-refractivity contribution in [2.45, 2.75) is 335 Å². The fourth-order valence-corrected chi connectivity index (χ4v) is 9.71. The van der Waals surface area contributed by atoms with Crippen molar-refractivity contribution in [1.82, 2.24) is 0 Å². The van der Waals surface area contributed by atoms with E-state index in [1.807, 2.05) is 6.08 Å². The van der Waals surface area contributed by atoms with Crippen LogP contribution < -0.4 is 0 Å². The van der Waals surface area contributed by atoms with Gasteiger partial charge in [0.1, 0.15) is 13.2 Å². The molecular formula is C77H130O6. The Bertz CT molecular complexity index is 1700. The quantitative estimate of drug-likeness (QED) is 0.0261. The molecule has 0 saturated carbocycles. The second-order valence-electron chi connectivity index (χ2n) is 23.1. The van der Waals surface area contributed by atoms with Gasteiger partial charge in [-0.25, -0.2) is 0 Å². The highest BCUT2D eigenvalue weighted by Crippen LogP contribution is 2.16. The first-order valence-electron chi connectivity index (χ1n) is 35.0. The van der Waals surface area contributed by atoms with Crippen LogP contribution in [-0.4, -0.2) is 37.2 Å². The maximum absolute atomic E-state index is 12.9. The molecule has 0 fully saturated rings. The molecule has 0 saturated heterocycles. The second-order valence-corrected chi connectivity index (χ2v) is 23.1. The largest absolute Gasteiger partial charge is 0.462 e. The number of unbranched alkanes of at least 4 members (excludes halogenated alkanes) is 32. The van der Waals surface area contributed by atoms with E-state index in [1.165, 1.54) is 180 Å². The lowest BCUT2D eigenvalue weighted by molar-refractivity contribution is -0.166. The Labute approximate surface area is 513 Å². The second kappa shape index (κ2) is 70.3. The van der Waals surface area contributed by atoms with Gasteiger partial charge >= 0.3 is 17.9 Å². The van der Waals surface area contributed by atoms with Crippen molar-refractivity contribution >= 4 is 17.9 Å². The van der Waals surface area contributed by atoms with Crippen molar-refractivity contribution in [3.8, 4) is 0 Å². The van der Waals surface area contributed by atoms with Crippen LogP contribution in [0.1, 0.15) is 329 Å². The van der Waals surface area contributed by atoms with E-state index < -0.39 is 6.10 Å². The Morgan fingerprint density at radius 1 is 0.253 bits per heavy atom. The SMILES string of the molecule is CC/C=C\C/C=C\C/C=C\C/C=C\CCC(=O)OCC(COC(=O)CCCCCCCCCCCCCCCCCC/C=C\C/C=C\C/C=C\CCCCCCC)OC(=O)CCCCCCCC/C=C\C/C=C\C/C=C\CCCCCCC. The third kappa shape index (κ3) is 68.5. The van der Waals surface area contributed by atoms with Gasteiger partial charge in [0, 0.05) is 19.3 Å². The van der Waals surface area contributed by atoms with Gasteiger partial charge in [0.25, 0.3) is 0 Å². The van der Waals surface area contributed by atoms with Crippen LogP contribution in [0.5, 0.6) is 0 Å². The maximum Gasteiger partial charge on any atom is 0.306 e. The van der Waals surface area contributed by atoms with E-state index in [-0.39, 0.29) is 37.5 Å². The summed E-state index contributed by atoms with van der Waals surface area (Å²) in [5, 5.41) is 0. The van der Waals surface area contributed by atoms with Crippen molar-refractivity contribution < 1.29 is 28.6 Å². The van der Waals surface area contributed by atoms with Gasteiger partial charge in [-0.05, 0) is 122 Å². The van der Waals surface area contributed by atoms with Crippen molar-refractivity contribution in [2.75, 3.05) is 13.2 Å². The van der Waals surface area contributed by atoms with Crippen LogP contribution >= 0.6 is 0 Å². The lowest BCUT2D eigenvalue weighted by atomic mass is 10.0. The molecule has 0 aromatic carbocycles. The molecule has 0 aliphatic heterocycles. The molecule has 0 aliphatic carbocycles. The lowest BCUT2D eigenvalue weighted by Crippen LogP contribution is -2.30.